The highest BCUT2D eigenvalue weighted by atomic mass is 15.1. The lowest BCUT2D eigenvalue weighted by Gasteiger charge is -2.27. The van der Waals surface area contributed by atoms with Crippen molar-refractivity contribution in [3.05, 3.63) is 199 Å². The van der Waals surface area contributed by atoms with Crippen LogP contribution in [0.3, 0.4) is 0 Å². The van der Waals surface area contributed by atoms with Crippen molar-refractivity contribution >= 4 is 28.6 Å². The number of rotatable bonds is 3. The van der Waals surface area contributed by atoms with E-state index in [1.54, 1.807) is 0 Å². The van der Waals surface area contributed by atoms with Crippen LogP contribution in [0.4, 0.5) is 17.1 Å². The van der Waals surface area contributed by atoms with Gasteiger partial charge in [0, 0.05) is 29.0 Å². The molecule has 0 spiro atoms. The summed E-state index contributed by atoms with van der Waals surface area (Å²) in [6.45, 7) is 0. The minimum absolute atomic E-state index is 0.0878. The Kier molecular flexibility index (Phi) is 7.29. The summed E-state index contributed by atoms with van der Waals surface area (Å²) >= 11 is 0. The summed E-state index contributed by atoms with van der Waals surface area (Å²) in [6.07, 6.45) is 0.723. The fourth-order valence-corrected chi connectivity index (χ4v) is 7.10. The molecule has 3 nitrogen and oxygen atoms in total. The first-order chi connectivity index (χ1) is 24.3. The Morgan fingerprint density at radius 2 is 0.959 bits per heavy atom. The van der Waals surface area contributed by atoms with Crippen LogP contribution >= 0.6 is 0 Å². The topological polar surface area (TPSA) is 28.0 Å². The minimum atomic E-state index is -0.0878. The standard InChI is InChI=1S/C46H33N3/c1-4-13-32(14-5-1)42-26-25-37-30-43(42)36-19-12-24-41(29-36)49(39-21-8-3-9-22-39)40-23-11-18-35(28-40)34-17-10-20-38(27-34)46-47-44(31-45(37)48-46)33-15-6-2-7-16-33/h1-30,45H,31H2/t45-/m1/s1. The van der Waals surface area contributed by atoms with E-state index in [1.807, 2.05) is 0 Å². The third kappa shape index (κ3) is 5.56. The summed E-state index contributed by atoms with van der Waals surface area (Å²) in [5.74, 6) is 0.766. The molecule has 2 aliphatic heterocycles. The molecule has 3 heteroatoms. The summed E-state index contributed by atoms with van der Waals surface area (Å²) in [5, 5.41) is 0. The number of hydrogen-bond donors (Lipinski definition) is 0. The van der Waals surface area contributed by atoms with Gasteiger partial charge in [0.25, 0.3) is 0 Å². The van der Waals surface area contributed by atoms with Crippen molar-refractivity contribution in [2.45, 2.75) is 12.5 Å². The van der Waals surface area contributed by atoms with E-state index in [0.29, 0.717) is 0 Å². The maximum atomic E-state index is 5.37. The molecule has 0 radical (unpaired) electrons. The van der Waals surface area contributed by atoms with Gasteiger partial charge in [0.05, 0.1) is 11.8 Å². The normalized spacial score (nSPS) is 14.9. The monoisotopic (exact) mass is 627 g/mol. The molecule has 0 aliphatic carbocycles. The van der Waals surface area contributed by atoms with E-state index in [2.05, 4.69) is 187 Å². The van der Waals surface area contributed by atoms with E-state index in [-0.39, 0.29) is 6.04 Å². The predicted molar refractivity (Wildman–Crippen MR) is 204 cm³/mol. The zero-order valence-electron chi connectivity index (χ0n) is 26.9. The highest BCUT2D eigenvalue weighted by Gasteiger charge is 2.24. The minimum Gasteiger partial charge on any atom is -0.310 e. The summed E-state index contributed by atoms with van der Waals surface area (Å²) in [7, 11) is 0. The van der Waals surface area contributed by atoms with Crippen LogP contribution < -0.4 is 4.90 Å². The van der Waals surface area contributed by atoms with Gasteiger partial charge in [-0.1, -0.05) is 133 Å². The van der Waals surface area contributed by atoms with Crippen molar-refractivity contribution in [2.75, 3.05) is 4.90 Å². The van der Waals surface area contributed by atoms with Crippen LogP contribution in [0.2, 0.25) is 0 Å². The number of amidine groups is 1. The highest BCUT2D eigenvalue weighted by molar-refractivity contribution is 6.14. The smallest absolute Gasteiger partial charge is 0.155 e. The van der Waals surface area contributed by atoms with Gasteiger partial charge in [0.1, 0.15) is 0 Å². The molecule has 9 rings (SSSR count). The first-order valence-electron chi connectivity index (χ1n) is 16.8. The van der Waals surface area contributed by atoms with E-state index in [0.717, 1.165) is 62.8 Å². The first kappa shape index (κ1) is 28.9. The van der Waals surface area contributed by atoms with E-state index in [9.17, 15) is 0 Å². The van der Waals surface area contributed by atoms with E-state index in [4.69, 9.17) is 9.98 Å². The number of hydrogen-bond acceptors (Lipinski definition) is 3. The second-order valence-corrected chi connectivity index (χ2v) is 12.6. The van der Waals surface area contributed by atoms with Crippen molar-refractivity contribution in [3.8, 4) is 33.4 Å². The molecule has 49 heavy (non-hydrogen) atoms. The average Bonchev–Trinajstić information content (AvgIpc) is 3.19. The molecule has 7 aromatic carbocycles. The van der Waals surface area contributed by atoms with Crippen LogP contribution in [-0.2, 0) is 0 Å². The molecular formula is C46H33N3. The van der Waals surface area contributed by atoms with Gasteiger partial charge >= 0.3 is 0 Å². The summed E-state index contributed by atoms with van der Waals surface area (Å²) in [4.78, 5) is 12.9. The predicted octanol–water partition coefficient (Wildman–Crippen LogP) is 11.9. The Labute approximate surface area is 287 Å². The number of fused-ring (bicyclic) bond motifs is 13. The van der Waals surface area contributed by atoms with Crippen LogP contribution in [0.5, 0.6) is 0 Å². The number of aliphatic imine (C=N–C) groups is 2. The van der Waals surface area contributed by atoms with Gasteiger partial charge in [-0.3, -0.25) is 4.99 Å². The van der Waals surface area contributed by atoms with Gasteiger partial charge in [-0.05, 0) is 93.0 Å². The van der Waals surface area contributed by atoms with Gasteiger partial charge in [0.2, 0.25) is 0 Å². The Morgan fingerprint density at radius 1 is 0.408 bits per heavy atom. The van der Waals surface area contributed by atoms with Crippen molar-refractivity contribution in [3.63, 3.8) is 0 Å². The molecule has 2 heterocycles. The molecule has 0 fully saturated rings. The maximum Gasteiger partial charge on any atom is 0.155 e. The molecule has 1 atom stereocenters. The second-order valence-electron chi connectivity index (χ2n) is 12.6. The van der Waals surface area contributed by atoms with Crippen LogP contribution in [-0.4, -0.2) is 11.5 Å². The number of nitrogens with zero attached hydrogens (tertiary/aromatic N) is 3. The number of benzene rings is 7. The Balaban J connectivity index is 1.32. The lowest BCUT2D eigenvalue weighted by Crippen LogP contribution is -2.17. The number of anilines is 3. The average molecular weight is 628 g/mol. The third-order valence-corrected chi connectivity index (χ3v) is 9.51. The number of para-hydroxylation sites is 1. The van der Waals surface area contributed by atoms with Gasteiger partial charge in [-0.15, -0.1) is 0 Å². The molecular weight excluding hydrogens is 595 g/mol. The maximum absolute atomic E-state index is 5.37. The Morgan fingerprint density at radius 3 is 1.69 bits per heavy atom. The molecule has 7 aromatic rings. The van der Waals surface area contributed by atoms with Gasteiger partial charge < -0.3 is 4.90 Å². The largest absolute Gasteiger partial charge is 0.310 e. The van der Waals surface area contributed by atoms with Gasteiger partial charge in [-0.25, -0.2) is 4.99 Å². The fraction of sp³-hybridized carbons (Fsp3) is 0.0435. The van der Waals surface area contributed by atoms with E-state index >= 15 is 0 Å². The molecule has 0 saturated carbocycles. The van der Waals surface area contributed by atoms with Crippen molar-refractivity contribution in [2.24, 2.45) is 9.98 Å². The van der Waals surface area contributed by atoms with Crippen LogP contribution in [0.1, 0.15) is 29.2 Å². The van der Waals surface area contributed by atoms with Crippen LogP contribution in [0.25, 0.3) is 33.4 Å². The molecule has 0 aromatic heterocycles. The lowest BCUT2D eigenvalue weighted by atomic mass is 9.88. The summed E-state index contributed by atoms with van der Waals surface area (Å²) in [5.41, 5.74) is 14.7. The molecule has 0 N–H and O–H groups in total. The van der Waals surface area contributed by atoms with Crippen molar-refractivity contribution in [1.82, 2.24) is 0 Å². The van der Waals surface area contributed by atoms with Gasteiger partial charge in [-0.2, -0.15) is 0 Å². The zero-order valence-corrected chi connectivity index (χ0v) is 26.9. The van der Waals surface area contributed by atoms with Crippen molar-refractivity contribution < 1.29 is 0 Å². The fourth-order valence-electron chi connectivity index (χ4n) is 7.10. The van der Waals surface area contributed by atoms with Crippen molar-refractivity contribution in [1.29, 1.82) is 0 Å². The van der Waals surface area contributed by atoms with Crippen LogP contribution in [0.15, 0.2) is 192 Å². The third-order valence-electron chi connectivity index (χ3n) is 9.51. The highest BCUT2D eigenvalue weighted by Crippen LogP contribution is 2.42. The first-order valence-corrected chi connectivity index (χ1v) is 16.8. The quantitative estimate of drug-likeness (QED) is 0.192. The molecule has 10 bridgehead atoms. The molecule has 0 saturated heterocycles. The summed E-state index contributed by atoms with van der Waals surface area (Å²) < 4.78 is 0. The summed E-state index contributed by atoms with van der Waals surface area (Å²) in [6, 6.07) is 65.1. The van der Waals surface area contributed by atoms with Gasteiger partial charge in [0.15, 0.2) is 5.84 Å². The SMILES string of the molecule is c1ccc(C2=NC3=N[C@H](C2)c2ccc(-c4ccccc4)c(c2)-c2cccc(c2)N(c2ccccc2)c2cccc(c2)-c2cccc3c2)cc1. The molecule has 0 amide bonds. The Bertz CT molecular complexity index is 2360. The molecule has 232 valence electrons. The Hall–Kier alpha value is -6.32. The van der Waals surface area contributed by atoms with E-state index in [1.165, 1.54) is 22.3 Å². The van der Waals surface area contributed by atoms with E-state index < -0.39 is 0 Å². The molecule has 0 unspecified atom stereocenters. The zero-order chi connectivity index (χ0) is 32.6. The second kappa shape index (κ2) is 12.4. The molecule has 2 aliphatic rings. The lowest BCUT2D eigenvalue weighted by molar-refractivity contribution is 0.754. The van der Waals surface area contributed by atoms with Crippen LogP contribution in [0, 0.1) is 0 Å².